The second-order valence-electron chi connectivity index (χ2n) is 2.15. The lowest BCUT2D eigenvalue weighted by Gasteiger charge is -2.06. The average Bonchev–Trinajstić information content (AvgIpc) is 1.85. The Labute approximate surface area is 62.9 Å². The van der Waals surface area contributed by atoms with Crippen LogP contribution >= 0.6 is 0 Å². The van der Waals surface area contributed by atoms with E-state index in [1.807, 2.05) is 0 Å². The van der Waals surface area contributed by atoms with Crippen molar-refractivity contribution in [3.63, 3.8) is 0 Å². The normalized spacial score (nSPS) is 11.3. The van der Waals surface area contributed by atoms with Crippen molar-refractivity contribution in [3.8, 4) is 0 Å². The van der Waals surface area contributed by atoms with Gasteiger partial charge in [-0.1, -0.05) is 13.5 Å². The summed E-state index contributed by atoms with van der Waals surface area (Å²) in [6, 6.07) is 0. The van der Waals surface area contributed by atoms with Crippen LogP contribution in [0.3, 0.4) is 0 Å². The molecule has 0 rings (SSSR count). The van der Waals surface area contributed by atoms with Crippen LogP contribution in [0, 0.1) is 0 Å². The molecule has 0 unspecified atom stereocenters. The molecular weight excluding hydrogens is 157 g/mol. The Kier molecular flexibility index (Phi) is 3.29. The lowest BCUT2D eigenvalue weighted by atomic mass is 10.1. The molecule has 0 fully saturated rings. The Morgan fingerprint density at radius 2 is 1.91 bits per heavy atom. The minimum absolute atomic E-state index is 0.0850. The summed E-state index contributed by atoms with van der Waals surface area (Å²) in [5.41, 5.74) is -1.25. The molecule has 0 aliphatic rings. The molecule has 0 saturated carbocycles. The van der Waals surface area contributed by atoms with E-state index in [1.165, 1.54) is 0 Å². The van der Waals surface area contributed by atoms with Crippen LogP contribution in [0.2, 0.25) is 0 Å². The van der Waals surface area contributed by atoms with Gasteiger partial charge in [0, 0.05) is 6.42 Å². The van der Waals surface area contributed by atoms with Crippen molar-refractivity contribution in [1.82, 2.24) is 0 Å². The Hall–Kier alpha value is -0.800. The van der Waals surface area contributed by atoms with Gasteiger partial charge >= 0.3 is 6.18 Å². The summed E-state index contributed by atoms with van der Waals surface area (Å²) in [6.45, 7) is 4.31. The molecule has 0 atom stereocenters. The van der Waals surface area contributed by atoms with Gasteiger partial charge in [-0.2, -0.15) is 13.2 Å². The molecule has 11 heavy (non-hydrogen) atoms. The molecule has 4 heteroatoms. The van der Waals surface area contributed by atoms with Crippen molar-refractivity contribution in [3.05, 3.63) is 12.2 Å². The van der Waals surface area contributed by atoms with Gasteiger partial charge in [0.25, 0.3) is 0 Å². The van der Waals surface area contributed by atoms with Crippen LogP contribution in [-0.4, -0.2) is 12.0 Å². The first-order valence-electron chi connectivity index (χ1n) is 3.19. The van der Waals surface area contributed by atoms with Gasteiger partial charge in [-0.25, -0.2) is 0 Å². The molecular formula is C7H9F3O. The number of carbonyl (C=O) groups excluding carboxylic acids is 1. The highest BCUT2D eigenvalue weighted by Crippen LogP contribution is 2.25. The summed E-state index contributed by atoms with van der Waals surface area (Å²) < 4.78 is 35.1. The second kappa shape index (κ2) is 3.55. The average molecular weight is 166 g/mol. The van der Waals surface area contributed by atoms with E-state index in [0.717, 1.165) is 0 Å². The maximum atomic E-state index is 11.7. The zero-order chi connectivity index (χ0) is 9.07. The number of rotatable bonds is 3. The molecule has 0 aliphatic heterocycles. The Morgan fingerprint density at radius 3 is 2.18 bits per heavy atom. The van der Waals surface area contributed by atoms with Gasteiger partial charge in [-0.3, -0.25) is 4.79 Å². The summed E-state index contributed by atoms with van der Waals surface area (Å²) in [6.07, 6.45) is -4.24. The third-order valence-electron chi connectivity index (χ3n) is 1.16. The zero-order valence-electron chi connectivity index (χ0n) is 6.16. The highest BCUT2D eigenvalue weighted by atomic mass is 19.4. The number of alkyl halides is 3. The number of hydrogen-bond acceptors (Lipinski definition) is 1. The summed E-state index contributed by atoms with van der Waals surface area (Å²) in [5.74, 6) is -0.917. The van der Waals surface area contributed by atoms with E-state index in [0.29, 0.717) is 6.42 Å². The fraction of sp³-hybridized carbons (Fsp3) is 0.571. The monoisotopic (exact) mass is 166 g/mol. The summed E-state index contributed by atoms with van der Waals surface area (Å²) >= 11 is 0. The largest absolute Gasteiger partial charge is 0.419 e. The number of ketones is 1. The highest BCUT2D eigenvalue weighted by molar-refractivity contribution is 5.95. The summed E-state index contributed by atoms with van der Waals surface area (Å²) in [4.78, 5) is 10.6. The van der Waals surface area contributed by atoms with Crippen LogP contribution in [0.25, 0.3) is 0 Å². The minimum atomic E-state index is -4.56. The maximum absolute atomic E-state index is 11.7. The summed E-state index contributed by atoms with van der Waals surface area (Å²) in [5, 5.41) is 0. The van der Waals surface area contributed by atoms with Crippen LogP contribution in [-0.2, 0) is 4.79 Å². The third kappa shape index (κ3) is 3.20. The highest BCUT2D eigenvalue weighted by Gasteiger charge is 2.35. The van der Waals surface area contributed by atoms with Gasteiger partial charge in [0.15, 0.2) is 5.78 Å². The molecule has 1 nitrogen and oxygen atoms in total. The second-order valence-corrected chi connectivity index (χ2v) is 2.15. The van der Waals surface area contributed by atoms with E-state index < -0.39 is 17.5 Å². The number of halogens is 3. The van der Waals surface area contributed by atoms with Gasteiger partial charge in [0.1, 0.15) is 0 Å². The third-order valence-corrected chi connectivity index (χ3v) is 1.16. The van der Waals surface area contributed by atoms with Crippen molar-refractivity contribution < 1.29 is 18.0 Å². The zero-order valence-corrected chi connectivity index (χ0v) is 6.16. The van der Waals surface area contributed by atoms with Crippen molar-refractivity contribution in [2.24, 2.45) is 0 Å². The van der Waals surface area contributed by atoms with E-state index in [-0.39, 0.29) is 6.42 Å². The molecule has 0 spiro atoms. The van der Waals surface area contributed by atoms with Gasteiger partial charge < -0.3 is 0 Å². The van der Waals surface area contributed by atoms with Crippen molar-refractivity contribution in [2.75, 3.05) is 0 Å². The van der Waals surface area contributed by atoms with E-state index in [9.17, 15) is 18.0 Å². The van der Waals surface area contributed by atoms with E-state index in [4.69, 9.17) is 0 Å². The number of Topliss-reactive ketones (excluding diaryl/α,β-unsaturated/α-hetero) is 1. The fourth-order valence-electron chi connectivity index (χ4n) is 0.536. The smallest absolute Gasteiger partial charge is 0.294 e. The van der Waals surface area contributed by atoms with Crippen molar-refractivity contribution >= 4 is 5.78 Å². The minimum Gasteiger partial charge on any atom is -0.294 e. The number of allylic oxidation sites excluding steroid dienone is 1. The molecule has 64 valence electrons. The molecule has 0 amide bonds. The van der Waals surface area contributed by atoms with Gasteiger partial charge in [-0.15, -0.1) is 0 Å². The van der Waals surface area contributed by atoms with Crippen LogP contribution in [0.4, 0.5) is 13.2 Å². The van der Waals surface area contributed by atoms with Crippen LogP contribution in [0.15, 0.2) is 12.2 Å². The maximum Gasteiger partial charge on any atom is 0.419 e. The molecule has 0 bridgehead atoms. The SMILES string of the molecule is C=C(C(=O)CCC)C(F)(F)F. The van der Waals surface area contributed by atoms with Gasteiger partial charge in [-0.05, 0) is 6.42 Å². The van der Waals surface area contributed by atoms with E-state index >= 15 is 0 Å². The quantitative estimate of drug-likeness (QED) is 0.588. The molecule has 0 radical (unpaired) electrons. The van der Waals surface area contributed by atoms with Crippen molar-refractivity contribution in [1.29, 1.82) is 0 Å². The predicted octanol–water partition coefficient (Wildman–Crippen LogP) is 2.47. The van der Waals surface area contributed by atoms with Crippen LogP contribution in [0.1, 0.15) is 19.8 Å². The Balaban J connectivity index is 4.15. The van der Waals surface area contributed by atoms with E-state index in [2.05, 4.69) is 6.58 Å². The predicted molar refractivity (Wildman–Crippen MR) is 35.1 cm³/mol. The molecule has 0 saturated heterocycles. The van der Waals surface area contributed by atoms with Gasteiger partial charge in [0.2, 0.25) is 0 Å². The van der Waals surface area contributed by atoms with Crippen LogP contribution < -0.4 is 0 Å². The lowest BCUT2D eigenvalue weighted by molar-refractivity contribution is -0.128. The Bertz CT molecular complexity index is 169. The summed E-state index contributed by atoms with van der Waals surface area (Å²) in [7, 11) is 0. The van der Waals surface area contributed by atoms with Crippen molar-refractivity contribution in [2.45, 2.75) is 25.9 Å². The van der Waals surface area contributed by atoms with E-state index in [1.54, 1.807) is 6.92 Å². The first-order valence-corrected chi connectivity index (χ1v) is 3.19. The number of hydrogen-bond donors (Lipinski definition) is 0. The first kappa shape index (κ1) is 10.2. The Morgan fingerprint density at radius 1 is 1.45 bits per heavy atom. The standard InChI is InChI=1S/C7H9F3O/c1-3-4-6(11)5(2)7(8,9)10/h2-4H2,1H3. The molecule has 0 aromatic heterocycles. The molecule has 0 aromatic rings. The first-order chi connectivity index (χ1) is 4.89. The number of carbonyl (C=O) groups is 1. The van der Waals surface area contributed by atoms with Crippen LogP contribution in [0.5, 0.6) is 0 Å². The molecule has 0 heterocycles. The lowest BCUT2D eigenvalue weighted by Crippen LogP contribution is -2.18. The molecule has 0 aliphatic carbocycles. The molecule has 0 aromatic carbocycles. The molecule has 0 N–H and O–H groups in total. The topological polar surface area (TPSA) is 17.1 Å². The fourth-order valence-corrected chi connectivity index (χ4v) is 0.536. The van der Waals surface area contributed by atoms with Gasteiger partial charge in [0.05, 0.1) is 5.57 Å².